The second kappa shape index (κ2) is 14.7. The molecule has 216 valence electrons. The molecular weight excluding hydrogens is 531 g/mol. The molecule has 1 N–H and O–H groups in total. The number of hydrogen-bond donors (Lipinski definition) is 1. The van der Waals surface area contributed by atoms with Gasteiger partial charge in [0.15, 0.2) is 0 Å². The number of carbonyl (C=O) groups is 3. The summed E-state index contributed by atoms with van der Waals surface area (Å²) in [4.78, 5) is 42.7. The SMILES string of the molecule is CCCCN(Cc1ccccc1)C(=O)c1ccccc1-c1ccccc1C(=O)N(CCC(=O)O)Cc1ccc(F)cc1. The Morgan fingerprint density at radius 2 is 1.12 bits per heavy atom. The van der Waals surface area contributed by atoms with Gasteiger partial charge in [0.1, 0.15) is 5.82 Å². The van der Waals surface area contributed by atoms with Crippen LogP contribution in [0.1, 0.15) is 58.0 Å². The highest BCUT2D eigenvalue weighted by molar-refractivity contribution is 6.06. The van der Waals surface area contributed by atoms with Gasteiger partial charge in [-0.05, 0) is 52.9 Å². The van der Waals surface area contributed by atoms with Crippen molar-refractivity contribution >= 4 is 17.8 Å². The number of halogens is 1. The highest BCUT2D eigenvalue weighted by Crippen LogP contribution is 2.30. The first-order valence-corrected chi connectivity index (χ1v) is 14.1. The molecule has 0 aliphatic rings. The molecule has 0 aliphatic carbocycles. The molecule has 4 aromatic carbocycles. The van der Waals surface area contributed by atoms with Gasteiger partial charge in [-0.15, -0.1) is 0 Å². The molecule has 0 spiro atoms. The zero-order chi connectivity index (χ0) is 29.9. The predicted octanol–water partition coefficient (Wildman–Crippen LogP) is 7.05. The van der Waals surface area contributed by atoms with E-state index >= 15 is 0 Å². The second-order valence-corrected chi connectivity index (χ2v) is 10.2. The van der Waals surface area contributed by atoms with Crippen LogP contribution in [0, 0.1) is 5.82 Å². The van der Waals surface area contributed by atoms with E-state index in [1.165, 1.54) is 17.0 Å². The summed E-state index contributed by atoms with van der Waals surface area (Å²) in [6, 6.07) is 29.9. The van der Waals surface area contributed by atoms with E-state index in [1.807, 2.05) is 59.5 Å². The molecular formula is C35H35FN2O4. The standard InChI is InChI=1S/C35H35FN2O4/c1-2-3-22-37(24-26-11-5-4-6-12-26)34(41)31-15-9-7-13-29(31)30-14-8-10-16-32(30)35(42)38(23-21-33(39)40)25-27-17-19-28(36)20-18-27/h4-20H,2-3,21-25H2,1H3,(H,39,40). The molecule has 4 aromatic rings. The van der Waals surface area contributed by atoms with E-state index in [9.17, 15) is 23.9 Å². The van der Waals surface area contributed by atoms with E-state index in [1.54, 1.807) is 36.4 Å². The number of amides is 2. The normalized spacial score (nSPS) is 10.7. The molecule has 2 amide bonds. The first kappa shape index (κ1) is 30.2. The minimum Gasteiger partial charge on any atom is -0.481 e. The number of nitrogens with zero attached hydrogens (tertiary/aromatic N) is 2. The molecule has 6 nitrogen and oxygen atoms in total. The topological polar surface area (TPSA) is 77.9 Å². The number of carboxylic acid groups (broad SMARTS) is 1. The van der Waals surface area contributed by atoms with E-state index in [0.717, 1.165) is 18.4 Å². The van der Waals surface area contributed by atoms with Crippen LogP contribution >= 0.6 is 0 Å². The molecule has 0 aliphatic heterocycles. The Hall–Kier alpha value is -4.78. The van der Waals surface area contributed by atoms with Gasteiger partial charge in [-0.3, -0.25) is 14.4 Å². The van der Waals surface area contributed by atoms with Crippen molar-refractivity contribution in [3.05, 3.63) is 131 Å². The molecule has 0 bridgehead atoms. The largest absolute Gasteiger partial charge is 0.481 e. The molecule has 0 saturated heterocycles. The zero-order valence-corrected chi connectivity index (χ0v) is 23.7. The summed E-state index contributed by atoms with van der Waals surface area (Å²) in [6.45, 7) is 3.24. The summed E-state index contributed by atoms with van der Waals surface area (Å²) in [7, 11) is 0. The Kier molecular flexibility index (Phi) is 10.6. The van der Waals surface area contributed by atoms with Gasteiger partial charge in [-0.25, -0.2) is 4.39 Å². The number of hydrogen-bond acceptors (Lipinski definition) is 3. The maximum absolute atomic E-state index is 14.0. The van der Waals surface area contributed by atoms with Crippen molar-refractivity contribution < 1.29 is 23.9 Å². The third-order valence-electron chi connectivity index (χ3n) is 7.06. The Labute approximate surface area is 246 Å². The first-order valence-electron chi connectivity index (χ1n) is 14.1. The summed E-state index contributed by atoms with van der Waals surface area (Å²) >= 11 is 0. The average molecular weight is 567 g/mol. The van der Waals surface area contributed by atoms with Crippen molar-refractivity contribution in [1.29, 1.82) is 0 Å². The van der Waals surface area contributed by atoms with Crippen molar-refractivity contribution in [2.24, 2.45) is 0 Å². The second-order valence-electron chi connectivity index (χ2n) is 10.2. The predicted molar refractivity (Wildman–Crippen MR) is 161 cm³/mol. The lowest BCUT2D eigenvalue weighted by molar-refractivity contribution is -0.137. The van der Waals surface area contributed by atoms with Crippen molar-refractivity contribution in [3.63, 3.8) is 0 Å². The summed E-state index contributed by atoms with van der Waals surface area (Å²) in [5.74, 6) is -1.92. The van der Waals surface area contributed by atoms with Gasteiger partial charge in [-0.2, -0.15) is 0 Å². The van der Waals surface area contributed by atoms with E-state index in [2.05, 4.69) is 6.92 Å². The minimum absolute atomic E-state index is 0.0255. The average Bonchev–Trinajstić information content (AvgIpc) is 3.02. The Balaban J connectivity index is 1.70. The number of aliphatic carboxylic acids is 1. The van der Waals surface area contributed by atoms with Crippen molar-refractivity contribution in [2.75, 3.05) is 13.1 Å². The third kappa shape index (κ3) is 7.91. The van der Waals surface area contributed by atoms with Crippen LogP contribution in [-0.4, -0.2) is 45.8 Å². The first-order chi connectivity index (χ1) is 20.4. The lowest BCUT2D eigenvalue weighted by atomic mass is 9.93. The molecule has 7 heteroatoms. The van der Waals surface area contributed by atoms with Gasteiger partial charge in [0, 0.05) is 37.3 Å². The number of unbranched alkanes of at least 4 members (excludes halogenated alkanes) is 1. The van der Waals surface area contributed by atoms with Crippen LogP contribution in [0.4, 0.5) is 4.39 Å². The number of rotatable bonds is 13. The van der Waals surface area contributed by atoms with E-state index in [0.29, 0.717) is 40.9 Å². The van der Waals surface area contributed by atoms with Gasteiger partial charge >= 0.3 is 5.97 Å². The van der Waals surface area contributed by atoms with E-state index in [4.69, 9.17) is 0 Å². The zero-order valence-electron chi connectivity index (χ0n) is 23.7. The van der Waals surface area contributed by atoms with E-state index in [-0.39, 0.29) is 31.3 Å². The van der Waals surface area contributed by atoms with Gasteiger partial charge in [-0.1, -0.05) is 92.2 Å². The number of carboxylic acids is 1. The van der Waals surface area contributed by atoms with E-state index < -0.39 is 11.8 Å². The van der Waals surface area contributed by atoms with Gasteiger partial charge in [0.25, 0.3) is 11.8 Å². The van der Waals surface area contributed by atoms with Gasteiger partial charge < -0.3 is 14.9 Å². The molecule has 0 heterocycles. The van der Waals surface area contributed by atoms with Crippen LogP contribution in [0.25, 0.3) is 11.1 Å². The fourth-order valence-corrected chi connectivity index (χ4v) is 4.85. The highest BCUT2D eigenvalue weighted by Gasteiger charge is 2.24. The smallest absolute Gasteiger partial charge is 0.305 e. The molecule has 0 aromatic heterocycles. The number of benzene rings is 4. The van der Waals surface area contributed by atoms with Crippen LogP contribution in [0.2, 0.25) is 0 Å². The summed E-state index contributed by atoms with van der Waals surface area (Å²) in [6.07, 6.45) is 1.56. The molecule has 0 unspecified atom stereocenters. The molecule has 4 rings (SSSR count). The molecule has 0 radical (unpaired) electrons. The Bertz CT molecular complexity index is 1510. The Morgan fingerprint density at radius 1 is 0.643 bits per heavy atom. The fraction of sp³-hybridized carbons (Fsp3) is 0.229. The van der Waals surface area contributed by atoms with Crippen molar-refractivity contribution in [1.82, 2.24) is 9.80 Å². The molecule has 0 atom stereocenters. The van der Waals surface area contributed by atoms with Gasteiger partial charge in [0.2, 0.25) is 0 Å². The van der Waals surface area contributed by atoms with Gasteiger partial charge in [0.05, 0.1) is 6.42 Å². The van der Waals surface area contributed by atoms with Crippen LogP contribution in [0.15, 0.2) is 103 Å². The summed E-state index contributed by atoms with van der Waals surface area (Å²) in [5.41, 5.74) is 3.76. The quantitative estimate of drug-likeness (QED) is 0.188. The van der Waals surface area contributed by atoms with Crippen molar-refractivity contribution in [2.45, 2.75) is 39.3 Å². The lowest BCUT2D eigenvalue weighted by Gasteiger charge is -2.26. The maximum Gasteiger partial charge on any atom is 0.305 e. The molecule has 0 fully saturated rings. The molecule has 0 saturated carbocycles. The summed E-state index contributed by atoms with van der Waals surface area (Å²) < 4.78 is 13.5. The summed E-state index contributed by atoms with van der Waals surface area (Å²) in [5, 5.41) is 9.34. The van der Waals surface area contributed by atoms with Crippen LogP contribution in [0.5, 0.6) is 0 Å². The Morgan fingerprint density at radius 3 is 1.64 bits per heavy atom. The van der Waals surface area contributed by atoms with Crippen LogP contribution in [-0.2, 0) is 17.9 Å². The van der Waals surface area contributed by atoms with Crippen LogP contribution < -0.4 is 0 Å². The monoisotopic (exact) mass is 566 g/mol. The minimum atomic E-state index is -1.03. The third-order valence-corrected chi connectivity index (χ3v) is 7.06. The van der Waals surface area contributed by atoms with Crippen LogP contribution in [0.3, 0.4) is 0 Å². The fourth-order valence-electron chi connectivity index (χ4n) is 4.85. The highest BCUT2D eigenvalue weighted by atomic mass is 19.1. The maximum atomic E-state index is 14.0. The number of carbonyl (C=O) groups excluding carboxylic acids is 2. The lowest BCUT2D eigenvalue weighted by Crippen LogP contribution is -2.33. The molecule has 42 heavy (non-hydrogen) atoms. The van der Waals surface area contributed by atoms with Crippen molar-refractivity contribution in [3.8, 4) is 11.1 Å².